The topological polar surface area (TPSA) is 56.6 Å². The Morgan fingerprint density at radius 1 is 1.19 bits per heavy atom. The lowest BCUT2D eigenvalue weighted by Crippen LogP contribution is -2.42. The minimum Gasteiger partial charge on any atom is -0.488 e. The van der Waals surface area contributed by atoms with Crippen molar-refractivity contribution in [2.24, 2.45) is 0 Å². The summed E-state index contributed by atoms with van der Waals surface area (Å²) in [6, 6.07) is 13.7. The molecule has 6 heteroatoms. The molecular formula is C21H22ClN3O2. The molecule has 2 aromatic rings. The summed E-state index contributed by atoms with van der Waals surface area (Å²) in [6.45, 7) is 2.60. The van der Waals surface area contributed by atoms with E-state index in [-0.39, 0.29) is 18.1 Å². The van der Waals surface area contributed by atoms with Crippen molar-refractivity contribution in [1.29, 1.82) is 5.26 Å². The number of fused-ring (bicyclic) bond motifs is 1. The van der Waals surface area contributed by atoms with Crippen molar-refractivity contribution >= 4 is 28.3 Å². The smallest absolute Gasteiger partial charge is 0.237 e. The molecule has 2 atom stereocenters. The molecular weight excluding hydrogens is 362 g/mol. The number of ether oxygens (including phenoxy) is 1. The molecule has 1 amide bonds. The number of carbonyl (C=O) groups is 1. The SMILES string of the molecule is N#C[C@@H]1CCCN1C(=O)CN1CC[C@H](Oc2ccc(Cl)c3ccccc23)C1. The summed E-state index contributed by atoms with van der Waals surface area (Å²) in [5.74, 6) is 0.883. The van der Waals surface area contributed by atoms with Crippen LogP contribution >= 0.6 is 11.6 Å². The van der Waals surface area contributed by atoms with Crippen molar-refractivity contribution in [1.82, 2.24) is 9.80 Å². The van der Waals surface area contributed by atoms with Crippen LogP contribution in [0, 0.1) is 11.3 Å². The first-order valence-electron chi connectivity index (χ1n) is 9.41. The highest BCUT2D eigenvalue weighted by Gasteiger charge is 2.32. The summed E-state index contributed by atoms with van der Waals surface area (Å²) in [5, 5.41) is 11.9. The summed E-state index contributed by atoms with van der Waals surface area (Å²) < 4.78 is 6.25. The van der Waals surface area contributed by atoms with Crippen LogP contribution in [-0.2, 0) is 4.79 Å². The molecule has 2 aliphatic heterocycles. The van der Waals surface area contributed by atoms with Crippen molar-refractivity contribution in [2.45, 2.75) is 31.4 Å². The largest absolute Gasteiger partial charge is 0.488 e. The molecule has 0 unspecified atom stereocenters. The lowest BCUT2D eigenvalue weighted by atomic mass is 10.1. The number of likely N-dealkylation sites (tertiary alicyclic amines) is 2. The second kappa shape index (κ2) is 7.75. The van der Waals surface area contributed by atoms with Crippen LogP contribution in [0.2, 0.25) is 5.02 Å². The minimum absolute atomic E-state index is 0.0488. The van der Waals surface area contributed by atoms with E-state index in [0.29, 0.717) is 24.7 Å². The standard InChI is InChI=1S/C21H22ClN3O2/c22-19-7-8-20(18-6-2-1-5-17(18)19)27-16-9-11-24(13-16)14-21(26)25-10-3-4-15(25)12-23/h1-2,5-8,15-16H,3-4,9-11,13-14H2/t15-,16-/m0/s1. The van der Waals surface area contributed by atoms with Gasteiger partial charge in [-0.2, -0.15) is 5.26 Å². The van der Waals surface area contributed by atoms with E-state index in [0.717, 1.165) is 42.3 Å². The Morgan fingerprint density at radius 3 is 2.81 bits per heavy atom. The zero-order valence-electron chi connectivity index (χ0n) is 15.1. The van der Waals surface area contributed by atoms with E-state index >= 15 is 0 Å². The van der Waals surface area contributed by atoms with Crippen LogP contribution in [-0.4, -0.2) is 54.0 Å². The summed E-state index contributed by atoms with van der Waals surface area (Å²) >= 11 is 6.28. The Balaban J connectivity index is 1.39. The summed E-state index contributed by atoms with van der Waals surface area (Å²) in [5.41, 5.74) is 0. The van der Waals surface area contributed by atoms with Crippen LogP contribution in [0.25, 0.3) is 10.8 Å². The summed E-state index contributed by atoms with van der Waals surface area (Å²) in [4.78, 5) is 16.4. The van der Waals surface area contributed by atoms with Gasteiger partial charge in [-0.3, -0.25) is 9.69 Å². The van der Waals surface area contributed by atoms with Crippen molar-refractivity contribution < 1.29 is 9.53 Å². The number of benzene rings is 2. The number of carbonyl (C=O) groups excluding carboxylic acids is 1. The third-order valence-corrected chi connectivity index (χ3v) is 5.76. The fraction of sp³-hybridized carbons (Fsp3) is 0.429. The van der Waals surface area contributed by atoms with Crippen molar-refractivity contribution in [3.63, 3.8) is 0 Å². The number of rotatable bonds is 4. The molecule has 2 saturated heterocycles. The third kappa shape index (κ3) is 3.73. The lowest BCUT2D eigenvalue weighted by Gasteiger charge is -2.23. The number of nitriles is 1. The van der Waals surface area contributed by atoms with E-state index in [9.17, 15) is 10.1 Å². The van der Waals surface area contributed by atoms with Crippen LogP contribution < -0.4 is 4.74 Å². The highest BCUT2D eigenvalue weighted by atomic mass is 35.5. The van der Waals surface area contributed by atoms with Gasteiger partial charge < -0.3 is 9.64 Å². The van der Waals surface area contributed by atoms with E-state index in [4.69, 9.17) is 16.3 Å². The van der Waals surface area contributed by atoms with E-state index in [2.05, 4.69) is 11.0 Å². The molecule has 0 aromatic heterocycles. The second-order valence-electron chi connectivity index (χ2n) is 7.23. The van der Waals surface area contributed by atoms with Gasteiger partial charge in [0.15, 0.2) is 0 Å². The predicted molar refractivity (Wildman–Crippen MR) is 105 cm³/mol. The maximum atomic E-state index is 12.5. The number of halogens is 1. The van der Waals surface area contributed by atoms with E-state index < -0.39 is 0 Å². The van der Waals surface area contributed by atoms with Crippen LogP contribution in [0.4, 0.5) is 0 Å². The maximum Gasteiger partial charge on any atom is 0.237 e. The molecule has 0 bridgehead atoms. The molecule has 0 N–H and O–H groups in total. The molecule has 4 rings (SSSR count). The number of hydrogen-bond acceptors (Lipinski definition) is 4. The van der Waals surface area contributed by atoms with Gasteiger partial charge in [-0.15, -0.1) is 0 Å². The Kier molecular flexibility index (Phi) is 5.20. The Labute approximate surface area is 164 Å². The van der Waals surface area contributed by atoms with Gasteiger partial charge in [0.2, 0.25) is 5.91 Å². The fourth-order valence-corrected chi connectivity index (χ4v) is 4.26. The van der Waals surface area contributed by atoms with Crippen molar-refractivity contribution in [3.8, 4) is 11.8 Å². The highest BCUT2D eigenvalue weighted by molar-refractivity contribution is 6.35. The molecule has 140 valence electrons. The Bertz CT molecular complexity index is 895. The van der Waals surface area contributed by atoms with Gasteiger partial charge in [0.1, 0.15) is 17.9 Å². The zero-order valence-corrected chi connectivity index (χ0v) is 15.9. The Hall–Kier alpha value is -2.29. The van der Waals surface area contributed by atoms with Gasteiger partial charge in [-0.1, -0.05) is 35.9 Å². The van der Waals surface area contributed by atoms with Crippen LogP contribution in [0.15, 0.2) is 36.4 Å². The fourth-order valence-electron chi connectivity index (χ4n) is 4.04. The predicted octanol–water partition coefficient (Wildman–Crippen LogP) is 3.46. The molecule has 2 heterocycles. The first-order valence-corrected chi connectivity index (χ1v) is 9.79. The van der Waals surface area contributed by atoms with Gasteiger partial charge in [-0.05, 0) is 31.4 Å². The molecule has 27 heavy (non-hydrogen) atoms. The average molecular weight is 384 g/mol. The van der Waals surface area contributed by atoms with Gasteiger partial charge >= 0.3 is 0 Å². The van der Waals surface area contributed by atoms with Crippen LogP contribution in [0.5, 0.6) is 5.75 Å². The van der Waals surface area contributed by atoms with Crippen LogP contribution in [0.1, 0.15) is 19.3 Å². The van der Waals surface area contributed by atoms with Crippen LogP contribution in [0.3, 0.4) is 0 Å². The van der Waals surface area contributed by atoms with Crippen molar-refractivity contribution in [3.05, 3.63) is 41.4 Å². The normalized spacial score (nSPS) is 22.9. The monoisotopic (exact) mass is 383 g/mol. The lowest BCUT2D eigenvalue weighted by molar-refractivity contribution is -0.132. The van der Waals surface area contributed by atoms with Gasteiger partial charge in [0.05, 0.1) is 12.6 Å². The molecule has 2 aromatic carbocycles. The number of hydrogen-bond donors (Lipinski definition) is 0. The van der Waals surface area contributed by atoms with Crippen molar-refractivity contribution in [2.75, 3.05) is 26.2 Å². The quantitative estimate of drug-likeness (QED) is 0.811. The zero-order chi connectivity index (χ0) is 18.8. The molecule has 0 radical (unpaired) electrons. The average Bonchev–Trinajstić information content (AvgIpc) is 3.33. The minimum atomic E-state index is -0.257. The van der Waals surface area contributed by atoms with E-state index in [1.54, 1.807) is 4.90 Å². The first kappa shape index (κ1) is 18.1. The van der Waals surface area contributed by atoms with E-state index in [1.165, 1.54) is 0 Å². The second-order valence-corrected chi connectivity index (χ2v) is 7.64. The molecule has 0 spiro atoms. The van der Waals surface area contributed by atoms with Gasteiger partial charge in [0, 0.05) is 35.4 Å². The summed E-state index contributed by atoms with van der Waals surface area (Å²) in [7, 11) is 0. The molecule has 2 aliphatic rings. The van der Waals surface area contributed by atoms with Gasteiger partial charge in [-0.25, -0.2) is 0 Å². The maximum absolute atomic E-state index is 12.5. The summed E-state index contributed by atoms with van der Waals surface area (Å²) in [6.07, 6.45) is 2.64. The molecule has 0 saturated carbocycles. The molecule has 0 aliphatic carbocycles. The van der Waals surface area contributed by atoms with Gasteiger partial charge in [0.25, 0.3) is 0 Å². The molecule has 2 fully saturated rings. The third-order valence-electron chi connectivity index (χ3n) is 5.43. The first-order chi connectivity index (χ1) is 13.2. The Morgan fingerprint density at radius 2 is 2.00 bits per heavy atom. The van der Waals surface area contributed by atoms with E-state index in [1.807, 2.05) is 36.4 Å². The highest BCUT2D eigenvalue weighted by Crippen LogP contribution is 2.32. The number of amides is 1. The molecule has 5 nitrogen and oxygen atoms in total. The number of nitrogens with zero attached hydrogens (tertiary/aromatic N) is 3.